The zero-order valence-electron chi connectivity index (χ0n) is 5.24. The number of hydrogen-bond acceptors (Lipinski definition) is 0. The highest BCUT2D eigenvalue weighted by molar-refractivity contribution is 8.93. The van der Waals surface area contributed by atoms with Crippen LogP contribution in [-0.2, 0) is 0 Å². The van der Waals surface area contributed by atoms with Crippen LogP contribution in [0.3, 0.4) is 0 Å². The van der Waals surface area contributed by atoms with Crippen molar-refractivity contribution in [2.75, 3.05) is 0 Å². The van der Waals surface area contributed by atoms with Crippen LogP contribution in [0.4, 0.5) is 0 Å². The van der Waals surface area contributed by atoms with E-state index in [4.69, 9.17) is 0 Å². The molecule has 0 aromatic carbocycles. The molecule has 0 unspecified atom stereocenters. The highest BCUT2D eigenvalue weighted by Crippen LogP contribution is 1.86. The van der Waals surface area contributed by atoms with Crippen LogP contribution in [0.1, 0.15) is 20.3 Å². The Kier molecular flexibility index (Phi) is 16.3. The first kappa shape index (κ1) is 11.1. The number of hydrogen-bond donors (Lipinski definition) is 0. The third kappa shape index (κ3) is 11.1. The molecule has 0 aromatic heterocycles. The predicted molar refractivity (Wildman–Crippen MR) is 41.7 cm³/mol. The van der Waals surface area contributed by atoms with Crippen LogP contribution >= 0.6 is 17.0 Å². The van der Waals surface area contributed by atoms with Crippen molar-refractivity contribution in [2.24, 2.45) is 0 Å². The lowest BCUT2D eigenvalue weighted by Crippen LogP contribution is -1.80. The van der Waals surface area contributed by atoms with Crippen LogP contribution in [0.2, 0.25) is 9.10 Å². The fourth-order valence-electron chi connectivity index (χ4n) is 0.500. The van der Waals surface area contributed by atoms with Crippen molar-refractivity contribution < 1.29 is 0 Å². The molecular formula is C5H13BrMg. The summed E-state index contributed by atoms with van der Waals surface area (Å²) >= 11 is 0.422. The molecule has 7 heavy (non-hydrogen) atoms. The van der Waals surface area contributed by atoms with E-state index in [9.17, 15) is 0 Å². The molecule has 0 amide bonds. The van der Waals surface area contributed by atoms with Crippen molar-refractivity contribution in [1.29, 1.82) is 0 Å². The molecule has 0 bridgehead atoms. The van der Waals surface area contributed by atoms with Crippen molar-refractivity contribution in [3.8, 4) is 0 Å². The average Bonchev–Trinajstić information content (AvgIpc) is 1.61. The van der Waals surface area contributed by atoms with Gasteiger partial charge in [-0.25, -0.2) is 0 Å². The SMILES string of the molecule is Br.CC[CH2][Mg][CH2]C. The molecule has 0 rings (SSSR count). The largest absolute Gasteiger partial charge is 0.363 e. The molecule has 0 aliphatic rings. The normalized spacial score (nSPS) is 6.57. The van der Waals surface area contributed by atoms with E-state index >= 15 is 0 Å². The number of halogens is 1. The fraction of sp³-hybridized carbons (Fsp3) is 1.00. The highest BCUT2D eigenvalue weighted by Gasteiger charge is 1.84. The Morgan fingerprint density at radius 3 is 2.00 bits per heavy atom. The van der Waals surface area contributed by atoms with Gasteiger partial charge in [-0.3, -0.25) is 0 Å². The summed E-state index contributed by atoms with van der Waals surface area (Å²) < 4.78 is 3.05. The van der Waals surface area contributed by atoms with Crippen LogP contribution in [0.15, 0.2) is 0 Å². The van der Waals surface area contributed by atoms with E-state index < -0.39 is 0 Å². The van der Waals surface area contributed by atoms with Gasteiger partial charge in [-0.05, 0) is 0 Å². The lowest BCUT2D eigenvalue weighted by molar-refractivity contribution is 1.07. The first-order valence-electron chi connectivity index (χ1n) is 2.91. The Balaban J connectivity index is 0. The van der Waals surface area contributed by atoms with Crippen LogP contribution in [0.5, 0.6) is 0 Å². The minimum Gasteiger partial charge on any atom is -0.149 e. The zero-order chi connectivity index (χ0) is 4.83. The van der Waals surface area contributed by atoms with E-state index in [1.165, 1.54) is 11.0 Å². The van der Waals surface area contributed by atoms with Gasteiger partial charge in [-0.1, -0.05) is 20.3 Å². The summed E-state index contributed by atoms with van der Waals surface area (Å²) in [5.41, 5.74) is 0. The van der Waals surface area contributed by atoms with Crippen molar-refractivity contribution in [3.05, 3.63) is 0 Å². The topological polar surface area (TPSA) is 0 Å². The third-order valence-electron chi connectivity index (χ3n) is 0.957. The maximum absolute atomic E-state index is 2.29. The Bertz CT molecular complexity index is 20.0. The monoisotopic (exact) mass is 176 g/mol. The van der Waals surface area contributed by atoms with Gasteiger partial charge < -0.3 is 0 Å². The molecule has 0 N–H and O–H groups in total. The van der Waals surface area contributed by atoms with Gasteiger partial charge >= 0.3 is 20.4 Å². The molecule has 42 valence electrons. The maximum atomic E-state index is 2.29. The van der Waals surface area contributed by atoms with E-state index in [0.717, 1.165) is 0 Å². The van der Waals surface area contributed by atoms with Crippen molar-refractivity contribution in [3.63, 3.8) is 0 Å². The van der Waals surface area contributed by atoms with Crippen LogP contribution in [0, 0.1) is 0 Å². The van der Waals surface area contributed by atoms with Crippen molar-refractivity contribution >= 4 is 37.3 Å². The highest BCUT2D eigenvalue weighted by atomic mass is 79.9. The quantitative estimate of drug-likeness (QED) is 0.459. The molecule has 0 saturated heterocycles. The molecule has 0 fully saturated rings. The van der Waals surface area contributed by atoms with Gasteiger partial charge in [-0.2, -0.15) is 0 Å². The molecule has 2 heteroatoms. The summed E-state index contributed by atoms with van der Waals surface area (Å²) in [6, 6.07) is 0. The average molecular weight is 177 g/mol. The lowest BCUT2D eigenvalue weighted by atomic mass is 10.6. The van der Waals surface area contributed by atoms with Crippen molar-refractivity contribution in [2.45, 2.75) is 29.4 Å². The van der Waals surface area contributed by atoms with Crippen molar-refractivity contribution in [1.82, 2.24) is 0 Å². The molecule has 0 nitrogen and oxygen atoms in total. The minimum absolute atomic E-state index is 0. The molecule has 0 atom stereocenters. The van der Waals surface area contributed by atoms with E-state index in [2.05, 4.69) is 13.8 Å². The van der Waals surface area contributed by atoms with Crippen LogP contribution in [0.25, 0.3) is 0 Å². The summed E-state index contributed by atoms with van der Waals surface area (Å²) in [5.74, 6) is 0. The molecule has 0 spiro atoms. The van der Waals surface area contributed by atoms with Gasteiger partial charge in [0.25, 0.3) is 0 Å². The first-order chi connectivity index (χ1) is 2.91. The van der Waals surface area contributed by atoms with Crippen LogP contribution in [-0.4, -0.2) is 20.4 Å². The fourth-order valence-corrected chi connectivity index (χ4v) is 1.50. The van der Waals surface area contributed by atoms with Crippen LogP contribution < -0.4 is 0 Å². The summed E-state index contributed by atoms with van der Waals surface area (Å²) in [6.07, 6.45) is 1.42. The van der Waals surface area contributed by atoms with Gasteiger partial charge in [0.15, 0.2) is 0 Å². The van der Waals surface area contributed by atoms with Gasteiger partial charge in [0.2, 0.25) is 0 Å². The van der Waals surface area contributed by atoms with E-state index in [0.29, 0.717) is 20.4 Å². The molecular weight excluding hydrogens is 164 g/mol. The Morgan fingerprint density at radius 1 is 1.29 bits per heavy atom. The first-order valence-corrected chi connectivity index (χ1v) is 4.91. The molecule has 0 radical (unpaired) electrons. The molecule has 0 aromatic rings. The number of rotatable bonds is 3. The van der Waals surface area contributed by atoms with E-state index in [1.807, 2.05) is 0 Å². The van der Waals surface area contributed by atoms with E-state index in [1.54, 1.807) is 4.55 Å². The van der Waals surface area contributed by atoms with Gasteiger partial charge in [0.05, 0.1) is 0 Å². The summed E-state index contributed by atoms with van der Waals surface area (Å²) in [4.78, 5) is 0. The summed E-state index contributed by atoms with van der Waals surface area (Å²) in [6.45, 7) is 4.56. The lowest BCUT2D eigenvalue weighted by Gasteiger charge is -1.81. The summed E-state index contributed by atoms with van der Waals surface area (Å²) in [5, 5.41) is 0. The van der Waals surface area contributed by atoms with Gasteiger partial charge in [0, 0.05) is 0 Å². The van der Waals surface area contributed by atoms with E-state index in [-0.39, 0.29) is 17.0 Å². The van der Waals surface area contributed by atoms with Gasteiger partial charge in [0.1, 0.15) is 0 Å². The second-order valence-electron chi connectivity index (χ2n) is 1.71. The zero-order valence-corrected chi connectivity index (χ0v) is 8.36. The summed E-state index contributed by atoms with van der Waals surface area (Å²) in [7, 11) is 0. The molecule has 0 aliphatic heterocycles. The smallest absolute Gasteiger partial charge is 0.149 e. The predicted octanol–water partition coefficient (Wildman–Crippen LogP) is 2.54. The maximum Gasteiger partial charge on any atom is 0.363 e. The molecule has 0 aliphatic carbocycles. The third-order valence-corrected chi connectivity index (χ3v) is 2.87. The standard InChI is InChI=1S/C3H7.C2H5.BrH.Mg/c1-3-2;1-2;;/h1,3H2,2H3;1H2,2H3;1H;. The Labute approximate surface area is 66.6 Å². The molecule has 0 heterocycles. The Hall–Kier alpha value is 1.25. The second-order valence-corrected chi connectivity index (χ2v) is 4.12. The molecule has 0 saturated carbocycles. The second kappa shape index (κ2) is 10.3. The minimum atomic E-state index is 0. The Morgan fingerprint density at radius 2 is 1.86 bits per heavy atom. The van der Waals surface area contributed by atoms with Gasteiger partial charge in [-0.15, -0.1) is 26.1 Å².